The zero-order valence-corrected chi connectivity index (χ0v) is 9.95. The molecule has 0 aromatic carbocycles. The predicted molar refractivity (Wildman–Crippen MR) is 57.3 cm³/mol. The second-order valence-corrected chi connectivity index (χ2v) is 5.05. The maximum Gasteiger partial charge on any atom is 0.371 e. The van der Waals surface area contributed by atoms with Gasteiger partial charge >= 0.3 is 5.97 Å². The Morgan fingerprint density at radius 2 is 2.18 bits per heavy atom. The lowest BCUT2D eigenvalue weighted by molar-refractivity contribution is 0.0661. The summed E-state index contributed by atoms with van der Waals surface area (Å²) in [6, 6.07) is 0.957. The van der Waals surface area contributed by atoms with Crippen molar-refractivity contribution in [1.29, 1.82) is 0 Å². The van der Waals surface area contributed by atoms with E-state index in [0.717, 1.165) is 6.07 Å². The van der Waals surface area contributed by atoms with Gasteiger partial charge in [-0.15, -0.1) is 0 Å². The van der Waals surface area contributed by atoms with Crippen LogP contribution in [0.15, 0.2) is 15.4 Å². The van der Waals surface area contributed by atoms with Gasteiger partial charge in [0.25, 0.3) is 0 Å². The highest BCUT2D eigenvalue weighted by Crippen LogP contribution is 2.19. The first-order valence-electron chi connectivity index (χ1n) is 4.82. The summed E-state index contributed by atoms with van der Waals surface area (Å²) in [6.45, 7) is 1.31. The molecule has 96 valence electrons. The van der Waals surface area contributed by atoms with E-state index in [2.05, 4.69) is 4.72 Å². The molecule has 0 aliphatic heterocycles. The standard InChI is InChI=1S/C9H13NO6S/c1-6-8(5-7(16-6)9(12)13)17(14,15)10-3-2-4-11/h5,10-11H,2-4H2,1H3,(H,12,13). The molecule has 0 fully saturated rings. The van der Waals surface area contributed by atoms with Gasteiger partial charge in [0.2, 0.25) is 15.8 Å². The van der Waals surface area contributed by atoms with E-state index in [1.807, 2.05) is 0 Å². The number of rotatable bonds is 6. The molecule has 17 heavy (non-hydrogen) atoms. The van der Waals surface area contributed by atoms with Crippen LogP contribution in [-0.2, 0) is 10.0 Å². The molecule has 0 saturated carbocycles. The fourth-order valence-corrected chi connectivity index (χ4v) is 2.45. The molecule has 0 aliphatic rings. The summed E-state index contributed by atoms with van der Waals surface area (Å²) in [4.78, 5) is 10.4. The molecule has 0 aliphatic carbocycles. The van der Waals surface area contributed by atoms with Crippen LogP contribution in [0.3, 0.4) is 0 Å². The number of carboxylic acid groups (broad SMARTS) is 1. The van der Waals surface area contributed by atoms with Crippen molar-refractivity contribution in [2.24, 2.45) is 0 Å². The van der Waals surface area contributed by atoms with Gasteiger partial charge in [0.15, 0.2) is 0 Å². The van der Waals surface area contributed by atoms with Crippen LogP contribution in [0.1, 0.15) is 22.7 Å². The molecule has 1 rings (SSSR count). The van der Waals surface area contributed by atoms with E-state index in [1.54, 1.807) is 0 Å². The Morgan fingerprint density at radius 1 is 1.53 bits per heavy atom. The largest absolute Gasteiger partial charge is 0.475 e. The molecule has 0 spiro atoms. The van der Waals surface area contributed by atoms with Gasteiger partial charge in [-0.05, 0) is 13.3 Å². The van der Waals surface area contributed by atoms with E-state index in [9.17, 15) is 13.2 Å². The molecular formula is C9H13NO6S. The molecule has 3 N–H and O–H groups in total. The second kappa shape index (κ2) is 5.30. The lowest BCUT2D eigenvalue weighted by Gasteiger charge is -2.03. The summed E-state index contributed by atoms with van der Waals surface area (Å²) >= 11 is 0. The molecule has 0 saturated heterocycles. The average molecular weight is 263 g/mol. The second-order valence-electron chi connectivity index (χ2n) is 3.31. The fourth-order valence-electron chi connectivity index (χ4n) is 1.20. The third-order valence-corrected chi connectivity index (χ3v) is 3.57. The molecule has 0 unspecified atom stereocenters. The molecular weight excluding hydrogens is 250 g/mol. The van der Waals surface area contributed by atoms with Gasteiger partial charge < -0.3 is 14.6 Å². The Hall–Kier alpha value is -1.38. The van der Waals surface area contributed by atoms with Crippen LogP contribution < -0.4 is 4.72 Å². The Kier molecular flexibility index (Phi) is 4.27. The summed E-state index contributed by atoms with van der Waals surface area (Å²) in [7, 11) is -3.79. The number of hydrogen-bond donors (Lipinski definition) is 3. The van der Waals surface area contributed by atoms with Crippen molar-refractivity contribution in [3.63, 3.8) is 0 Å². The smallest absolute Gasteiger partial charge is 0.371 e. The third-order valence-electron chi connectivity index (χ3n) is 2.00. The van der Waals surface area contributed by atoms with E-state index >= 15 is 0 Å². The number of aryl methyl sites for hydroxylation is 1. The molecule has 7 nitrogen and oxygen atoms in total. The van der Waals surface area contributed by atoms with E-state index in [1.165, 1.54) is 6.92 Å². The zero-order chi connectivity index (χ0) is 13.1. The number of carbonyl (C=O) groups is 1. The number of aromatic carboxylic acids is 1. The highest BCUT2D eigenvalue weighted by Gasteiger charge is 2.23. The van der Waals surface area contributed by atoms with Crippen molar-refractivity contribution in [3.05, 3.63) is 17.6 Å². The monoisotopic (exact) mass is 263 g/mol. The van der Waals surface area contributed by atoms with Gasteiger partial charge in [0.1, 0.15) is 10.7 Å². The summed E-state index contributed by atoms with van der Waals surface area (Å²) in [6.07, 6.45) is 0.280. The summed E-state index contributed by atoms with van der Waals surface area (Å²) < 4.78 is 30.5. The fraction of sp³-hybridized carbons (Fsp3) is 0.444. The molecule has 1 aromatic heterocycles. The van der Waals surface area contributed by atoms with Gasteiger partial charge in [0.05, 0.1) is 0 Å². The van der Waals surface area contributed by atoms with Crippen molar-refractivity contribution in [2.75, 3.05) is 13.2 Å². The van der Waals surface area contributed by atoms with E-state index in [4.69, 9.17) is 14.6 Å². The molecule has 1 aromatic rings. The Bertz CT molecular complexity index is 504. The number of aliphatic hydroxyl groups excluding tert-OH is 1. The van der Waals surface area contributed by atoms with Crippen molar-refractivity contribution >= 4 is 16.0 Å². The minimum atomic E-state index is -3.79. The number of carboxylic acids is 1. The topological polar surface area (TPSA) is 117 Å². The van der Waals surface area contributed by atoms with Gasteiger partial charge in [-0.25, -0.2) is 17.9 Å². The quantitative estimate of drug-likeness (QED) is 0.619. The van der Waals surface area contributed by atoms with Gasteiger partial charge in [-0.2, -0.15) is 0 Å². The number of aliphatic hydroxyl groups is 1. The number of hydrogen-bond acceptors (Lipinski definition) is 5. The SMILES string of the molecule is Cc1oc(C(=O)O)cc1S(=O)(=O)NCCCO. The van der Waals surface area contributed by atoms with Crippen molar-refractivity contribution < 1.29 is 27.8 Å². The Balaban J connectivity index is 2.95. The lowest BCUT2D eigenvalue weighted by atomic mass is 10.4. The Morgan fingerprint density at radius 3 is 2.65 bits per heavy atom. The first kappa shape index (κ1) is 13.7. The van der Waals surface area contributed by atoms with Gasteiger partial charge in [0, 0.05) is 19.2 Å². The van der Waals surface area contributed by atoms with Gasteiger partial charge in [-0.1, -0.05) is 0 Å². The van der Waals surface area contributed by atoms with Crippen LogP contribution in [0.5, 0.6) is 0 Å². The molecule has 0 atom stereocenters. The molecule has 0 amide bonds. The molecule has 0 bridgehead atoms. The van der Waals surface area contributed by atoms with E-state index in [0.29, 0.717) is 0 Å². The van der Waals surface area contributed by atoms with Crippen LogP contribution in [0, 0.1) is 6.92 Å². The minimum Gasteiger partial charge on any atom is -0.475 e. The molecule has 1 heterocycles. The number of nitrogens with one attached hydrogen (secondary N) is 1. The normalized spacial score (nSPS) is 11.6. The maximum absolute atomic E-state index is 11.7. The number of furan rings is 1. The first-order chi connectivity index (χ1) is 7.88. The summed E-state index contributed by atoms with van der Waals surface area (Å²) in [5.74, 6) is -1.74. The highest BCUT2D eigenvalue weighted by molar-refractivity contribution is 7.89. The molecule has 0 radical (unpaired) electrons. The minimum absolute atomic E-state index is 0.0129. The van der Waals surface area contributed by atoms with Crippen molar-refractivity contribution in [1.82, 2.24) is 4.72 Å². The van der Waals surface area contributed by atoms with Crippen molar-refractivity contribution in [2.45, 2.75) is 18.2 Å². The van der Waals surface area contributed by atoms with Crippen LogP contribution in [0.2, 0.25) is 0 Å². The summed E-state index contributed by atoms with van der Waals surface area (Å²) in [5.41, 5.74) is 0. The third kappa shape index (κ3) is 3.29. The highest BCUT2D eigenvalue weighted by atomic mass is 32.2. The van der Waals surface area contributed by atoms with Gasteiger partial charge in [-0.3, -0.25) is 0 Å². The maximum atomic E-state index is 11.7. The Labute approximate surface area is 98.1 Å². The van der Waals surface area contributed by atoms with Crippen molar-refractivity contribution in [3.8, 4) is 0 Å². The number of sulfonamides is 1. The van der Waals surface area contributed by atoms with E-state index in [-0.39, 0.29) is 30.2 Å². The van der Waals surface area contributed by atoms with Crippen LogP contribution >= 0.6 is 0 Å². The average Bonchev–Trinajstić information content (AvgIpc) is 2.61. The van der Waals surface area contributed by atoms with Crippen LogP contribution in [0.4, 0.5) is 0 Å². The first-order valence-corrected chi connectivity index (χ1v) is 6.31. The lowest BCUT2D eigenvalue weighted by Crippen LogP contribution is -2.25. The van der Waals surface area contributed by atoms with Crippen LogP contribution in [-0.4, -0.2) is 37.8 Å². The van der Waals surface area contributed by atoms with E-state index < -0.39 is 21.8 Å². The predicted octanol–water partition coefficient (Wildman–Crippen LogP) is -0.0531. The summed E-state index contributed by atoms with van der Waals surface area (Å²) in [5, 5.41) is 17.2. The zero-order valence-electron chi connectivity index (χ0n) is 9.13. The molecule has 8 heteroatoms. The van der Waals surface area contributed by atoms with Crippen LogP contribution in [0.25, 0.3) is 0 Å².